The van der Waals surface area contributed by atoms with Crippen LogP contribution in [0.15, 0.2) is 473 Å². The predicted octanol–water partition coefficient (Wildman–Crippen LogP) is 30.0. The zero-order valence-electron chi connectivity index (χ0n) is 77.6. The molecule has 0 radical (unpaired) electrons. The largest absolute Gasteiger partial charge is 0.309 e. The van der Waals surface area contributed by atoms with Gasteiger partial charge in [0.25, 0.3) is 0 Å². The molecule has 6 heterocycles. The van der Waals surface area contributed by atoms with E-state index in [1.165, 1.54) is 94.0 Å². The Morgan fingerprint density at radius 1 is 0.118 bits per heavy atom. The number of hydrogen-bond donors (Lipinski definition) is 0. The molecule has 0 fully saturated rings. The number of hydrogen-bond acceptors (Lipinski definition) is 12. The topological polar surface area (TPSA) is 165 Å². The Hall–Kier alpha value is -19.2. The lowest BCUT2D eigenvalue weighted by Gasteiger charge is -2.42. The second-order valence-corrected chi connectivity index (χ2v) is 37.2. The van der Waals surface area contributed by atoms with Gasteiger partial charge in [-0.3, -0.25) is 0 Å². The molecule has 0 amide bonds. The normalized spacial score (nSPS) is 14.2. The van der Waals surface area contributed by atoms with Crippen LogP contribution in [0.2, 0.25) is 0 Å². The van der Waals surface area contributed by atoms with Crippen molar-refractivity contribution in [3.63, 3.8) is 0 Å². The molecular weight excluding hydrogens is 1760 g/mol. The lowest BCUT2D eigenvalue weighted by atomic mass is 9.61. The van der Waals surface area contributed by atoms with Gasteiger partial charge in [0.05, 0.1) is 22.1 Å². The second-order valence-electron chi connectivity index (χ2n) is 37.2. The Morgan fingerprint density at radius 2 is 0.299 bits per heavy atom. The third-order valence-corrected chi connectivity index (χ3v) is 28.9. The third-order valence-electron chi connectivity index (χ3n) is 28.9. The van der Waals surface area contributed by atoms with Gasteiger partial charge in [0.15, 0.2) is 69.9 Å². The van der Waals surface area contributed by atoms with E-state index in [1.807, 2.05) is 158 Å². The minimum Gasteiger partial charge on any atom is -0.309 e. The number of benzene rings is 19. The van der Waals surface area contributed by atoms with E-state index in [9.17, 15) is 0 Å². The van der Waals surface area contributed by atoms with E-state index in [-0.39, 0.29) is 23.7 Å². The fourth-order valence-corrected chi connectivity index (χ4v) is 22.4. The summed E-state index contributed by atoms with van der Waals surface area (Å²) in [6, 6.07) is 166. The van der Waals surface area contributed by atoms with Crippen molar-refractivity contribution < 1.29 is 0 Å². The zero-order chi connectivity index (χ0) is 94.8. The first-order valence-corrected chi connectivity index (χ1v) is 48.8. The van der Waals surface area contributed by atoms with E-state index >= 15 is 0 Å². The van der Waals surface area contributed by atoms with E-state index in [1.54, 1.807) is 0 Å². The molecule has 14 nitrogen and oxygen atoms in total. The molecule has 6 aliphatic rings. The third kappa shape index (κ3) is 14.3. The van der Waals surface area contributed by atoms with Crippen LogP contribution < -0.4 is 0 Å². The maximum absolute atomic E-state index is 5.31. The molecule has 31 rings (SSSR count). The van der Waals surface area contributed by atoms with Crippen LogP contribution in [0.3, 0.4) is 0 Å². The number of rotatable bonds is 15. The smallest absolute Gasteiger partial charge is 0.164 e. The highest BCUT2D eigenvalue weighted by Gasteiger charge is 2.44. The maximum atomic E-state index is 5.31. The number of fused-ring (bicyclic) bond motifs is 6. The molecule has 144 heavy (non-hydrogen) atoms. The van der Waals surface area contributed by atoms with Gasteiger partial charge in [0.2, 0.25) is 0 Å². The standard InChI is InChI=1S/C68H43N7.C62H39N7/c1-5-17-43(18-6-1)63-69-64(44-19-7-2-8-20-44)72-67(71-63)48-33-36-54-57(40-48)61-52-26-13-14-27-53(52)62(54)58-41-49(34-37-55(58)61)68-73-65(45-21-9-3-10-22-45)70-66(74-68)46-31-29-42(30-32-46)47-35-38-60-56(39-47)51-25-15-16-28-59(51)75(60)50-23-11-4-12-24-50;1-5-17-38(18-6-1)57-63-58(39-19-7-2-8-20-39)65-60(64-57)41-29-32-48-51(36-41)55-46-26-13-14-27-47(46)56(48)52-37-42(30-33-49(52)55)61-66-59(40-21-9-3-10-22-40)67-62(68-61)43-31-34-54-50(35-43)45-25-15-16-28-53(45)69(54)44-23-11-4-12-24-44/h1-41,61-62H;1-37,55-56H. The summed E-state index contributed by atoms with van der Waals surface area (Å²) in [4.78, 5) is 61.6. The van der Waals surface area contributed by atoms with E-state index in [0.717, 1.165) is 106 Å². The molecule has 6 aliphatic carbocycles. The summed E-state index contributed by atoms with van der Waals surface area (Å²) in [7, 11) is 0. The van der Waals surface area contributed by atoms with Crippen molar-refractivity contribution in [1.82, 2.24) is 68.9 Å². The second kappa shape index (κ2) is 34.5. The molecule has 19 aromatic carbocycles. The molecule has 14 heteroatoms. The fraction of sp³-hybridized carbons (Fsp3) is 0.0308. The fourth-order valence-electron chi connectivity index (χ4n) is 22.4. The van der Waals surface area contributed by atoms with Gasteiger partial charge in [0, 0.05) is 123 Å². The lowest BCUT2D eigenvalue weighted by Crippen LogP contribution is -2.27. The monoisotopic (exact) mass is 1840 g/mol. The van der Waals surface area contributed by atoms with Crippen LogP contribution >= 0.6 is 0 Å². The quantitative estimate of drug-likeness (QED) is 0.0955. The van der Waals surface area contributed by atoms with Gasteiger partial charge in [-0.05, 0) is 169 Å². The van der Waals surface area contributed by atoms with Crippen molar-refractivity contribution in [2.24, 2.45) is 0 Å². The molecule has 0 spiro atoms. The van der Waals surface area contributed by atoms with Gasteiger partial charge < -0.3 is 9.13 Å². The Kier molecular flexibility index (Phi) is 19.9. The first kappa shape index (κ1) is 83.0. The molecule has 0 aliphatic heterocycles. The van der Waals surface area contributed by atoms with Crippen LogP contribution in [0, 0.1) is 0 Å². The van der Waals surface area contributed by atoms with Gasteiger partial charge >= 0.3 is 0 Å². The molecule has 4 atom stereocenters. The first-order chi connectivity index (χ1) is 71.4. The summed E-state index contributed by atoms with van der Waals surface area (Å²) < 4.78 is 4.68. The van der Waals surface area contributed by atoms with Gasteiger partial charge in [-0.15, -0.1) is 0 Å². The maximum Gasteiger partial charge on any atom is 0.164 e. The molecule has 4 bridgehead atoms. The van der Waals surface area contributed by atoms with Crippen molar-refractivity contribution in [2.45, 2.75) is 23.7 Å². The van der Waals surface area contributed by atoms with Crippen molar-refractivity contribution in [3.8, 4) is 159 Å². The van der Waals surface area contributed by atoms with Crippen LogP contribution in [-0.2, 0) is 0 Å². The molecule has 25 aromatic rings. The molecule has 0 N–H and O–H groups in total. The number of para-hydroxylation sites is 4. The first-order valence-electron chi connectivity index (χ1n) is 48.8. The molecule has 6 aromatic heterocycles. The van der Waals surface area contributed by atoms with E-state index in [4.69, 9.17) is 59.8 Å². The highest BCUT2D eigenvalue weighted by Crippen LogP contribution is 2.59. The van der Waals surface area contributed by atoms with E-state index < -0.39 is 0 Å². The zero-order valence-corrected chi connectivity index (χ0v) is 77.6. The van der Waals surface area contributed by atoms with Gasteiger partial charge in [-0.1, -0.05) is 382 Å². The summed E-state index contributed by atoms with van der Waals surface area (Å²) in [5, 5.41) is 4.76. The summed E-state index contributed by atoms with van der Waals surface area (Å²) in [6.45, 7) is 0. The van der Waals surface area contributed by atoms with Crippen molar-refractivity contribution >= 4 is 43.6 Å². The molecule has 672 valence electrons. The highest BCUT2D eigenvalue weighted by molar-refractivity contribution is 6.12. The lowest BCUT2D eigenvalue weighted by molar-refractivity contribution is 0.754. The summed E-state index contributed by atoms with van der Waals surface area (Å²) in [5.74, 6) is 7.74. The van der Waals surface area contributed by atoms with Crippen LogP contribution in [0.4, 0.5) is 0 Å². The summed E-state index contributed by atoms with van der Waals surface area (Å²) in [6.07, 6.45) is 0. The predicted molar refractivity (Wildman–Crippen MR) is 575 cm³/mol. The highest BCUT2D eigenvalue weighted by atomic mass is 15.1. The minimum absolute atomic E-state index is 0.0138. The molecule has 4 unspecified atom stereocenters. The van der Waals surface area contributed by atoms with Crippen LogP contribution in [0.5, 0.6) is 0 Å². The summed E-state index contributed by atoms with van der Waals surface area (Å²) >= 11 is 0. The average molecular weight is 1840 g/mol. The van der Waals surface area contributed by atoms with E-state index in [0.29, 0.717) is 69.9 Å². The van der Waals surface area contributed by atoms with Crippen LogP contribution in [-0.4, -0.2) is 68.9 Å². The van der Waals surface area contributed by atoms with Crippen LogP contribution in [0.1, 0.15) is 90.4 Å². The van der Waals surface area contributed by atoms with Crippen LogP contribution in [0.25, 0.3) is 203 Å². The van der Waals surface area contributed by atoms with Gasteiger partial charge in [-0.2, -0.15) is 0 Å². The Labute approximate surface area is 829 Å². The van der Waals surface area contributed by atoms with E-state index in [2.05, 4.69) is 325 Å². The minimum atomic E-state index is 0.0138. The molecule has 0 saturated carbocycles. The van der Waals surface area contributed by atoms with Crippen molar-refractivity contribution in [3.05, 3.63) is 540 Å². The van der Waals surface area contributed by atoms with Gasteiger partial charge in [-0.25, -0.2) is 59.8 Å². The molecule has 0 saturated heterocycles. The molecular formula is C130H82N14. The van der Waals surface area contributed by atoms with Crippen molar-refractivity contribution in [2.75, 3.05) is 0 Å². The summed E-state index contributed by atoms with van der Waals surface area (Å²) in [5.41, 5.74) is 36.1. The van der Waals surface area contributed by atoms with Gasteiger partial charge in [0.1, 0.15) is 0 Å². The number of aromatic nitrogens is 14. The Bertz CT molecular complexity index is 9280. The Balaban J connectivity index is 0.000000141. The number of nitrogens with zero attached hydrogens (tertiary/aromatic N) is 14. The van der Waals surface area contributed by atoms with Crippen molar-refractivity contribution in [1.29, 1.82) is 0 Å². The SMILES string of the molecule is c1ccc(-c2nc(-c3ccccc3)nc(-c3ccc4c(c3)C3c5ccccc5C4c4cc(-c5nc(-c6ccccc6)nc(-c6ccc(-c7ccc8c(c7)c7ccccc7n8-c7ccccc7)cc6)n5)ccc43)n2)cc1.c1ccc(-c2nc(-c3ccccc3)nc(-c3ccc4c(c3)C3c5ccccc5C4c4cc(-c5nc(-c6ccccc6)nc(-c6ccc7c(c6)c6ccccc6n7-c6ccccc6)n5)ccc43)n2)cc1. The average Bonchev–Trinajstić information content (AvgIpc) is 0.948. The Morgan fingerprint density at radius 3 is 0.576 bits per heavy atom.